The molecule has 9 heteroatoms. The molecule has 0 aliphatic heterocycles. The van der Waals surface area contributed by atoms with Gasteiger partial charge in [-0.05, 0) is 60.2 Å². The van der Waals surface area contributed by atoms with Gasteiger partial charge < -0.3 is 4.74 Å². The second-order valence-corrected chi connectivity index (χ2v) is 9.06. The van der Waals surface area contributed by atoms with E-state index in [-0.39, 0.29) is 32.7 Å². The molecule has 3 aromatic carbocycles. The van der Waals surface area contributed by atoms with Gasteiger partial charge in [-0.15, -0.1) is 0 Å². The van der Waals surface area contributed by atoms with E-state index < -0.39 is 27.4 Å². The molecule has 1 heterocycles. The van der Waals surface area contributed by atoms with Crippen LogP contribution < -0.4 is 4.74 Å². The molecule has 0 atom stereocenters. The summed E-state index contributed by atoms with van der Waals surface area (Å²) in [5.74, 6) is -0.103. The van der Waals surface area contributed by atoms with Crippen molar-refractivity contribution >= 4 is 20.7 Å². The highest BCUT2D eigenvalue weighted by atomic mass is 32.2. The van der Waals surface area contributed by atoms with Crippen molar-refractivity contribution in [2.75, 3.05) is 6.26 Å². The number of benzene rings is 3. The molecule has 164 valence electrons. The van der Waals surface area contributed by atoms with Crippen LogP contribution in [0.15, 0.2) is 77.8 Å². The molecule has 4 rings (SSSR count). The lowest BCUT2D eigenvalue weighted by molar-refractivity contribution is -0.136. The highest BCUT2D eigenvalue weighted by Gasteiger charge is 2.33. The zero-order valence-corrected chi connectivity index (χ0v) is 17.3. The predicted octanol–water partition coefficient (Wildman–Crippen LogP) is 6.26. The van der Waals surface area contributed by atoms with Crippen LogP contribution in [0.5, 0.6) is 11.5 Å². The number of alkyl halides is 3. The minimum atomic E-state index is -4.60. The van der Waals surface area contributed by atoms with Gasteiger partial charge in [-0.3, -0.25) is 4.98 Å². The van der Waals surface area contributed by atoms with Crippen molar-refractivity contribution in [1.29, 1.82) is 0 Å². The number of nitrogens with zero attached hydrogens (tertiary/aromatic N) is 1. The Bertz CT molecular complexity index is 1420. The van der Waals surface area contributed by atoms with Crippen LogP contribution in [-0.2, 0) is 16.0 Å². The molecule has 0 amide bonds. The quantitative estimate of drug-likeness (QED) is 0.337. The van der Waals surface area contributed by atoms with Gasteiger partial charge >= 0.3 is 6.18 Å². The molecule has 4 aromatic rings. The molecule has 1 aromatic heterocycles. The van der Waals surface area contributed by atoms with Crippen molar-refractivity contribution in [3.05, 3.63) is 84.3 Å². The van der Waals surface area contributed by atoms with E-state index in [1.807, 2.05) is 0 Å². The number of ether oxygens (including phenoxy) is 1. The summed E-state index contributed by atoms with van der Waals surface area (Å²) in [5, 5.41) is 0.149. The largest absolute Gasteiger partial charge is 0.457 e. The molecule has 0 saturated carbocycles. The lowest BCUT2D eigenvalue weighted by Crippen LogP contribution is -2.06. The lowest BCUT2D eigenvalue weighted by Gasteiger charge is -2.14. The first-order chi connectivity index (χ1) is 15.0. The molecule has 0 aliphatic rings. The van der Waals surface area contributed by atoms with E-state index in [1.165, 1.54) is 60.8 Å². The molecule has 0 spiro atoms. The van der Waals surface area contributed by atoms with Crippen molar-refractivity contribution in [3.63, 3.8) is 0 Å². The van der Waals surface area contributed by atoms with E-state index in [2.05, 4.69) is 4.98 Å². The van der Waals surface area contributed by atoms with E-state index in [9.17, 15) is 26.0 Å². The lowest BCUT2D eigenvalue weighted by atomic mass is 9.98. The second-order valence-electron chi connectivity index (χ2n) is 7.05. The maximum Gasteiger partial charge on any atom is 0.418 e. The summed E-state index contributed by atoms with van der Waals surface area (Å²) in [4.78, 5) is 3.98. The molecular weight excluding hydrogens is 446 g/mol. The van der Waals surface area contributed by atoms with Crippen molar-refractivity contribution in [1.82, 2.24) is 4.98 Å². The minimum Gasteiger partial charge on any atom is -0.457 e. The standard InChI is InChI=1S/C23H15F4NO3S/c1-32(29,30)16-8-5-14(6-9-16)31-15-7-10-21(24)19(13-15)17-11-12-28-22-18(17)3-2-4-20(22)23(25,26)27/h2-13H,1H3. The number of aromatic nitrogens is 1. The molecule has 0 unspecified atom stereocenters. The first-order valence-electron chi connectivity index (χ1n) is 9.27. The Morgan fingerprint density at radius 3 is 2.22 bits per heavy atom. The number of fused-ring (bicyclic) bond motifs is 1. The van der Waals surface area contributed by atoms with Crippen LogP contribution in [0.25, 0.3) is 22.0 Å². The van der Waals surface area contributed by atoms with Crippen molar-refractivity contribution < 1.29 is 30.7 Å². The Kier molecular flexibility index (Phi) is 5.37. The molecule has 0 radical (unpaired) electrons. The summed E-state index contributed by atoms with van der Waals surface area (Å²) in [6.07, 6.45) is -2.32. The van der Waals surface area contributed by atoms with E-state index >= 15 is 0 Å². The van der Waals surface area contributed by atoms with E-state index in [0.717, 1.165) is 18.4 Å². The van der Waals surface area contributed by atoms with Crippen LogP contribution in [0.1, 0.15) is 5.56 Å². The fourth-order valence-electron chi connectivity index (χ4n) is 3.30. The SMILES string of the molecule is CS(=O)(=O)c1ccc(Oc2ccc(F)c(-c3ccnc4c(C(F)(F)F)cccc34)c2)cc1. The van der Waals surface area contributed by atoms with E-state index in [0.29, 0.717) is 5.75 Å². The number of para-hydroxylation sites is 1. The van der Waals surface area contributed by atoms with Gasteiger partial charge in [0.1, 0.15) is 17.3 Å². The molecular formula is C23H15F4NO3S. The Morgan fingerprint density at radius 2 is 1.56 bits per heavy atom. The van der Waals surface area contributed by atoms with Crippen LogP contribution in [0, 0.1) is 5.82 Å². The summed E-state index contributed by atoms with van der Waals surface area (Å²) in [6, 6.07) is 14.6. The summed E-state index contributed by atoms with van der Waals surface area (Å²) in [6.45, 7) is 0. The van der Waals surface area contributed by atoms with Gasteiger partial charge in [0, 0.05) is 23.4 Å². The Balaban J connectivity index is 1.76. The monoisotopic (exact) mass is 461 g/mol. The summed E-state index contributed by atoms with van der Waals surface area (Å²) in [5.41, 5.74) is -0.909. The molecule has 0 fully saturated rings. The fraction of sp³-hybridized carbons (Fsp3) is 0.0870. The maximum absolute atomic E-state index is 14.7. The van der Waals surface area contributed by atoms with Gasteiger partial charge in [0.15, 0.2) is 9.84 Å². The van der Waals surface area contributed by atoms with Crippen molar-refractivity contribution in [3.8, 4) is 22.6 Å². The van der Waals surface area contributed by atoms with Crippen molar-refractivity contribution in [2.45, 2.75) is 11.1 Å². The average Bonchev–Trinajstić information content (AvgIpc) is 2.73. The van der Waals surface area contributed by atoms with Gasteiger partial charge in [-0.25, -0.2) is 12.8 Å². The van der Waals surface area contributed by atoms with Gasteiger partial charge in [-0.2, -0.15) is 13.2 Å². The number of pyridine rings is 1. The van der Waals surface area contributed by atoms with Gasteiger partial charge in [-0.1, -0.05) is 12.1 Å². The molecule has 0 N–H and O–H groups in total. The fourth-order valence-corrected chi connectivity index (χ4v) is 3.94. The number of hydrogen-bond acceptors (Lipinski definition) is 4. The zero-order chi connectivity index (χ0) is 23.1. The molecule has 0 saturated heterocycles. The number of sulfone groups is 1. The third kappa shape index (κ3) is 4.29. The number of hydrogen-bond donors (Lipinski definition) is 0. The van der Waals surface area contributed by atoms with Crippen LogP contribution in [0.2, 0.25) is 0 Å². The van der Waals surface area contributed by atoms with Crippen molar-refractivity contribution in [2.24, 2.45) is 0 Å². The van der Waals surface area contributed by atoms with Crippen LogP contribution in [-0.4, -0.2) is 19.7 Å². The third-order valence-corrected chi connectivity index (χ3v) is 5.92. The Labute approximate surface area is 181 Å². The normalized spacial score (nSPS) is 12.2. The minimum absolute atomic E-state index is 0.0435. The van der Waals surface area contributed by atoms with Gasteiger partial charge in [0.05, 0.1) is 16.0 Å². The van der Waals surface area contributed by atoms with Crippen LogP contribution in [0.4, 0.5) is 17.6 Å². The topological polar surface area (TPSA) is 56.3 Å². The summed E-state index contributed by atoms with van der Waals surface area (Å²) < 4.78 is 83.6. The molecule has 0 aliphatic carbocycles. The predicted molar refractivity (Wildman–Crippen MR) is 112 cm³/mol. The molecule has 0 bridgehead atoms. The van der Waals surface area contributed by atoms with Crippen LogP contribution >= 0.6 is 0 Å². The highest BCUT2D eigenvalue weighted by Crippen LogP contribution is 2.38. The second kappa shape index (κ2) is 7.90. The van der Waals surface area contributed by atoms with E-state index in [4.69, 9.17) is 4.74 Å². The Morgan fingerprint density at radius 1 is 0.875 bits per heavy atom. The van der Waals surface area contributed by atoms with Crippen LogP contribution in [0.3, 0.4) is 0 Å². The number of rotatable bonds is 4. The Hall–Kier alpha value is -3.46. The molecule has 4 nitrogen and oxygen atoms in total. The van der Waals surface area contributed by atoms with Gasteiger partial charge in [0.25, 0.3) is 0 Å². The first-order valence-corrected chi connectivity index (χ1v) is 11.2. The maximum atomic E-state index is 14.7. The first kappa shape index (κ1) is 21.8. The van der Waals surface area contributed by atoms with E-state index in [1.54, 1.807) is 0 Å². The third-order valence-electron chi connectivity index (χ3n) is 4.79. The summed E-state index contributed by atoms with van der Waals surface area (Å²) in [7, 11) is -3.37. The summed E-state index contributed by atoms with van der Waals surface area (Å²) >= 11 is 0. The smallest absolute Gasteiger partial charge is 0.418 e. The highest BCUT2D eigenvalue weighted by molar-refractivity contribution is 7.90. The average molecular weight is 461 g/mol. The van der Waals surface area contributed by atoms with Gasteiger partial charge in [0.2, 0.25) is 0 Å². The molecule has 32 heavy (non-hydrogen) atoms. The number of halogens is 4. The zero-order valence-electron chi connectivity index (χ0n) is 16.5.